The molecule has 104 valence electrons. The maximum absolute atomic E-state index is 12.4. The molecule has 1 aliphatic rings. The second-order valence-corrected chi connectivity index (χ2v) is 6.24. The summed E-state index contributed by atoms with van der Waals surface area (Å²) in [7, 11) is -3.79. The molecule has 8 heteroatoms. The quantitative estimate of drug-likeness (QED) is 0.650. The van der Waals surface area contributed by atoms with Crippen LogP contribution in [-0.2, 0) is 10.0 Å². The Labute approximate surface area is 110 Å². The molecule has 0 amide bonds. The predicted molar refractivity (Wildman–Crippen MR) is 67.1 cm³/mol. The first-order valence-electron chi connectivity index (χ1n) is 5.84. The molecule has 19 heavy (non-hydrogen) atoms. The van der Waals surface area contributed by atoms with Gasteiger partial charge in [0.2, 0.25) is 10.0 Å². The molecule has 1 N–H and O–H groups in total. The van der Waals surface area contributed by atoms with Gasteiger partial charge in [0.05, 0.1) is 16.4 Å². The van der Waals surface area contributed by atoms with Crippen molar-refractivity contribution in [3.63, 3.8) is 0 Å². The van der Waals surface area contributed by atoms with Crippen LogP contribution in [0.15, 0.2) is 29.2 Å². The summed E-state index contributed by atoms with van der Waals surface area (Å²) in [5, 5.41) is 19.9. The molecule has 0 radical (unpaired) electrons. The van der Waals surface area contributed by atoms with E-state index >= 15 is 0 Å². The van der Waals surface area contributed by atoms with Gasteiger partial charge < -0.3 is 5.11 Å². The molecule has 7 nitrogen and oxygen atoms in total. The highest BCUT2D eigenvalue weighted by Gasteiger charge is 2.35. The number of nitro groups is 1. The van der Waals surface area contributed by atoms with Gasteiger partial charge in [-0.05, 0) is 18.9 Å². The number of benzene rings is 1. The van der Waals surface area contributed by atoms with Crippen molar-refractivity contribution in [3.05, 3.63) is 34.4 Å². The second-order valence-electron chi connectivity index (χ2n) is 4.35. The molecule has 0 aromatic heterocycles. The Balaban J connectivity index is 2.39. The minimum absolute atomic E-state index is 0.109. The van der Waals surface area contributed by atoms with Gasteiger partial charge in [-0.25, -0.2) is 8.42 Å². The zero-order chi connectivity index (χ0) is 14.0. The minimum atomic E-state index is -3.79. The van der Waals surface area contributed by atoms with Crippen LogP contribution in [0.5, 0.6) is 0 Å². The van der Waals surface area contributed by atoms with Crippen molar-refractivity contribution in [3.8, 4) is 0 Å². The van der Waals surface area contributed by atoms with Gasteiger partial charge in [-0.2, -0.15) is 4.31 Å². The van der Waals surface area contributed by atoms with Crippen LogP contribution < -0.4 is 0 Å². The molecule has 0 spiro atoms. The van der Waals surface area contributed by atoms with Crippen molar-refractivity contribution in [1.82, 2.24) is 4.31 Å². The van der Waals surface area contributed by atoms with E-state index in [2.05, 4.69) is 0 Å². The number of nitrogens with zero attached hydrogens (tertiary/aromatic N) is 2. The molecule has 0 bridgehead atoms. The molecule has 1 unspecified atom stereocenters. The van der Waals surface area contributed by atoms with Gasteiger partial charge >= 0.3 is 0 Å². The van der Waals surface area contributed by atoms with Crippen molar-refractivity contribution in [2.24, 2.45) is 0 Å². The Kier molecular flexibility index (Phi) is 3.83. The van der Waals surface area contributed by atoms with Gasteiger partial charge in [-0.3, -0.25) is 10.1 Å². The largest absolute Gasteiger partial charge is 0.395 e. The number of nitro benzene ring substituents is 1. The number of aliphatic hydroxyl groups is 1. The summed E-state index contributed by atoms with van der Waals surface area (Å²) in [5.74, 6) is 0. The fourth-order valence-electron chi connectivity index (χ4n) is 2.20. The zero-order valence-electron chi connectivity index (χ0n) is 10.1. The van der Waals surface area contributed by atoms with Crippen LogP contribution in [0.1, 0.15) is 12.8 Å². The molecule has 0 aliphatic carbocycles. The summed E-state index contributed by atoms with van der Waals surface area (Å²) >= 11 is 0. The Morgan fingerprint density at radius 1 is 1.47 bits per heavy atom. The number of hydrogen-bond acceptors (Lipinski definition) is 5. The number of hydrogen-bond donors (Lipinski definition) is 1. The van der Waals surface area contributed by atoms with Gasteiger partial charge in [0.25, 0.3) is 5.69 Å². The third-order valence-corrected chi connectivity index (χ3v) is 5.12. The summed E-state index contributed by atoms with van der Waals surface area (Å²) in [6.45, 7) is 0.0877. The highest BCUT2D eigenvalue weighted by molar-refractivity contribution is 7.89. The van der Waals surface area contributed by atoms with Crippen molar-refractivity contribution in [1.29, 1.82) is 0 Å². The molecular formula is C11H14N2O5S. The fraction of sp³-hybridized carbons (Fsp3) is 0.455. The van der Waals surface area contributed by atoms with Crippen LogP contribution >= 0.6 is 0 Å². The predicted octanol–water partition coefficient (Wildman–Crippen LogP) is 0.740. The fourth-order valence-corrected chi connectivity index (χ4v) is 3.93. The lowest BCUT2D eigenvalue weighted by Crippen LogP contribution is -2.37. The van der Waals surface area contributed by atoms with E-state index in [4.69, 9.17) is 0 Å². The van der Waals surface area contributed by atoms with Gasteiger partial charge in [0.15, 0.2) is 0 Å². The van der Waals surface area contributed by atoms with Crippen LogP contribution in [0.3, 0.4) is 0 Å². The molecule has 1 aromatic rings. The molecule has 1 fully saturated rings. The van der Waals surface area contributed by atoms with Crippen LogP contribution in [-0.4, -0.2) is 41.9 Å². The van der Waals surface area contributed by atoms with Gasteiger partial charge in [0, 0.05) is 24.7 Å². The number of sulfonamides is 1. The highest BCUT2D eigenvalue weighted by atomic mass is 32.2. The minimum Gasteiger partial charge on any atom is -0.395 e. The van der Waals surface area contributed by atoms with Crippen LogP contribution in [0.25, 0.3) is 0 Å². The lowest BCUT2D eigenvalue weighted by molar-refractivity contribution is -0.385. The molecule has 1 aromatic carbocycles. The third kappa shape index (κ3) is 2.60. The van der Waals surface area contributed by atoms with Crippen LogP contribution in [0.4, 0.5) is 5.69 Å². The van der Waals surface area contributed by atoms with Gasteiger partial charge in [-0.1, -0.05) is 6.07 Å². The zero-order valence-corrected chi connectivity index (χ0v) is 10.9. The summed E-state index contributed by atoms with van der Waals surface area (Å²) < 4.78 is 26.0. The molecule has 2 rings (SSSR count). The lowest BCUT2D eigenvalue weighted by Gasteiger charge is -2.22. The van der Waals surface area contributed by atoms with E-state index in [-0.39, 0.29) is 17.2 Å². The molecule has 1 heterocycles. The maximum atomic E-state index is 12.4. The van der Waals surface area contributed by atoms with E-state index in [0.29, 0.717) is 19.4 Å². The van der Waals surface area contributed by atoms with Crippen molar-refractivity contribution >= 4 is 15.7 Å². The van der Waals surface area contributed by atoms with E-state index < -0.39 is 21.0 Å². The molecule has 1 atom stereocenters. The van der Waals surface area contributed by atoms with Crippen molar-refractivity contribution in [2.75, 3.05) is 13.2 Å². The standard InChI is InChI=1S/C11H14N2O5S/c14-8-10-4-2-6-12(10)19(17,18)11-5-1-3-9(7-11)13(15)16/h1,3,5,7,10,14H,2,4,6,8H2. The average molecular weight is 286 g/mol. The summed E-state index contributed by atoms with van der Waals surface area (Å²) in [6.07, 6.45) is 1.28. The normalized spacial score (nSPS) is 20.6. The van der Waals surface area contributed by atoms with Crippen LogP contribution in [0, 0.1) is 10.1 Å². The first kappa shape index (κ1) is 13.9. The Morgan fingerprint density at radius 3 is 2.84 bits per heavy atom. The SMILES string of the molecule is O=[N+]([O-])c1cccc(S(=O)(=O)N2CCCC2CO)c1. The summed E-state index contributed by atoms with van der Waals surface area (Å²) in [6, 6.07) is 4.52. The van der Waals surface area contributed by atoms with E-state index in [1.807, 2.05) is 0 Å². The first-order valence-corrected chi connectivity index (χ1v) is 7.28. The van der Waals surface area contributed by atoms with Gasteiger partial charge in [-0.15, -0.1) is 0 Å². The van der Waals surface area contributed by atoms with Crippen molar-refractivity contribution in [2.45, 2.75) is 23.8 Å². The lowest BCUT2D eigenvalue weighted by atomic mass is 10.2. The molecular weight excluding hydrogens is 272 g/mol. The van der Waals surface area contributed by atoms with E-state index in [1.54, 1.807) is 0 Å². The molecule has 0 saturated carbocycles. The highest BCUT2D eigenvalue weighted by Crippen LogP contribution is 2.27. The maximum Gasteiger partial charge on any atom is 0.270 e. The molecule has 1 aliphatic heterocycles. The van der Waals surface area contributed by atoms with E-state index in [0.717, 1.165) is 6.07 Å². The second kappa shape index (κ2) is 5.24. The van der Waals surface area contributed by atoms with E-state index in [1.165, 1.54) is 22.5 Å². The summed E-state index contributed by atoms with van der Waals surface area (Å²) in [4.78, 5) is 9.94. The average Bonchev–Trinajstić information content (AvgIpc) is 2.88. The monoisotopic (exact) mass is 286 g/mol. The Bertz CT molecular complexity index is 587. The third-order valence-electron chi connectivity index (χ3n) is 3.17. The number of rotatable bonds is 4. The van der Waals surface area contributed by atoms with Gasteiger partial charge in [0.1, 0.15) is 0 Å². The van der Waals surface area contributed by atoms with Crippen molar-refractivity contribution < 1.29 is 18.4 Å². The smallest absolute Gasteiger partial charge is 0.270 e. The topological polar surface area (TPSA) is 101 Å². The number of non-ortho nitro benzene ring substituents is 1. The van der Waals surface area contributed by atoms with Crippen LogP contribution in [0.2, 0.25) is 0 Å². The summed E-state index contributed by atoms with van der Waals surface area (Å²) in [5.41, 5.74) is -0.263. The Hall–Kier alpha value is -1.51. The Morgan fingerprint density at radius 2 is 2.21 bits per heavy atom. The number of aliphatic hydroxyl groups excluding tert-OH is 1. The first-order chi connectivity index (χ1) is 8.96. The molecule has 1 saturated heterocycles. The van der Waals surface area contributed by atoms with E-state index in [9.17, 15) is 23.6 Å².